The Bertz CT molecular complexity index is 986. The summed E-state index contributed by atoms with van der Waals surface area (Å²) in [4.78, 5) is 25.6. The zero-order valence-electron chi connectivity index (χ0n) is 22.7. The van der Waals surface area contributed by atoms with Gasteiger partial charge in [-0.1, -0.05) is 38.5 Å². The van der Waals surface area contributed by atoms with Crippen LogP contribution in [0.2, 0.25) is 0 Å². The summed E-state index contributed by atoms with van der Waals surface area (Å²) in [6.45, 7) is 16.6. The molecule has 35 heavy (non-hydrogen) atoms. The first-order chi connectivity index (χ1) is 16.6. The number of aromatic hydroxyl groups is 1. The number of phenolic OH excluding ortho intramolecular Hbond substituents is 1. The molecule has 0 spiro atoms. The van der Waals surface area contributed by atoms with Crippen LogP contribution in [0.3, 0.4) is 0 Å². The smallest absolute Gasteiger partial charge is 0.311 e. The predicted molar refractivity (Wildman–Crippen MR) is 142 cm³/mol. The molecule has 0 radical (unpaired) electrons. The van der Waals surface area contributed by atoms with Crippen LogP contribution in [0.15, 0.2) is 30.3 Å². The number of rotatable bonds is 13. The van der Waals surface area contributed by atoms with E-state index in [4.69, 9.17) is 4.74 Å². The van der Waals surface area contributed by atoms with Gasteiger partial charge < -0.3 is 14.3 Å². The van der Waals surface area contributed by atoms with Crippen LogP contribution < -0.4 is 4.74 Å². The Morgan fingerprint density at radius 3 is 2.20 bits per heavy atom. The Labute approximate surface area is 211 Å². The molecule has 0 saturated heterocycles. The Balaban J connectivity index is 2.36. The number of benzene rings is 2. The van der Waals surface area contributed by atoms with Crippen molar-refractivity contribution in [3.8, 4) is 11.5 Å². The lowest BCUT2D eigenvalue weighted by molar-refractivity contribution is -0.952. The van der Waals surface area contributed by atoms with Gasteiger partial charge in [-0.3, -0.25) is 9.59 Å². The molecule has 2 aromatic carbocycles. The van der Waals surface area contributed by atoms with Gasteiger partial charge in [0.1, 0.15) is 12.6 Å². The Morgan fingerprint density at radius 2 is 1.66 bits per heavy atom. The number of likely N-dealkylation sites (N-methyl/N-ethyl adjacent to an activating group) is 1. The number of carbonyl (C=O) groups excluding carboxylic acids is 2. The van der Waals surface area contributed by atoms with E-state index in [1.165, 1.54) is 0 Å². The van der Waals surface area contributed by atoms with E-state index in [2.05, 4.69) is 46.8 Å². The molecule has 192 valence electrons. The fraction of sp³-hybridized carbons (Fsp3) is 0.533. The van der Waals surface area contributed by atoms with E-state index in [9.17, 15) is 14.7 Å². The molecule has 0 saturated carbocycles. The summed E-state index contributed by atoms with van der Waals surface area (Å²) in [6.07, 6.45) is 3.51. The van der Waals surface area contributed by atoms with Gasteiger partial charge in [-0.05, 0) is 81.8 Å². The molecule has 0 heterocycles. The molecule has 2 atom stereocenters. The van der Waals surface area contributed by atoms with Crippen LogP contribution in [-0.4, -0.2) is 40.5 Å². The molecule has 0 amide bonds. The third-order valence-corrected chi connectivity index (χ3v) is 7.35. The number of ketones is 1. The molecular weight excluding hydrogens is 438 g/mol. The number of hydrogen-bond acceptors (Lipinski definition) is 4. The molecule has 1 N–H and O–H groups in total. The number of aryl methyl sites for hydroxylation is 3. The number of quaternary nitrogens is 1. The molecule has 5 heteroatoms. The largest absolute Gasteiger partial charge is 0.504 e. The minimum absolute atomic E-state index is 0.0244. The Morgan fingerprint density at radius 1 is 1.00 bits per heavy atom. The monoisotopic (exact) mass is 482 g/mol. The number of phenols is 1. The van der Waals surface area contributed by atoms with Gasteiger partial charge in [0.15, 0.2) is 17.3 Å². The van der Waals surface area contributed by atoms with Crippen molar-refractivity contribution < 1.29 is 23.9 Å². The van der Waals surface area contributed by atoms with Crippen molar-refractivity contribution in [2.24, 2.45) is 0 Å². The predicted octanol–water partition coefficient (Wildman–Crippen LogP) is 6.36. The average Bonchev–Trinajstić information content (AvgIpc) is 2.81. The SMILES string of the molecule is CCCC[N+](CC)(Cc1cc(C)c(OC(=O)CCC)c(O)c1)C(C)C(=O)Cc1c(C)cccc1C. The van der Waals surface area contributed by atoms with Crippen molar-refractivity contribution in [1.29, 1.82) is 0 Å². The van der Waals surface area contributed by atoms with E-state index in [1.54, 1.807) is 6.07 Å². The van der Waals surface area contributed by atoms with E-state index >= 15 is 0 Å². The lowest BCUT2D eigenvalue weighted by Crippen LogP contribution is -2.57. The molecule has 0 bridgehead atoms. The number of Topliss-reactive ketones (excluding diaryl/α,β-unsaturated/α-hetero) is 1. The minimum Gasteiger partial charge on any atom is -0.504 e. The third-order valence-electron chi connectivity index (χ3n) is 7.35. The van der Waals surface area contributed by atoms with Crippen molar-refractivity contribution >= 4 is 11.8 Å². The highest BCUT2D eigenvalue weighted by Gasteiger charge is 2.37. The average molecular weight is 483 g/mol. The zero-order chi connectivity index (χ0) is 26.2. The summed E-state index contributed by atoms with van der Waals surface area (Å²) in [5.74, 6) is 0.107. The van der Waals surface area contributed by atoms with Gasteiger partial charge in [-0.25, -0.2) is 0 Å². The first kappa shape index (κ1) is 28.6. The number of nitrogens with zero attached hydrogens (tertiary/aromatic N) is 1. The number of hydrogen-bond donors (Lipinski definition) is 1. The van der Waals surface area contributed by atoms with Crippen LogP contribution in [0.1, 0.15) is 81.2 Å². The highest BCUT2D eigenvalue weighted by atomic mass is 16.5. The highest BCUT2D eigenvalue weighted by Crippen LogP contribution is 2.34. The summed E-state index contributed by atoms with van der Waals surface area (Å²) in [6, 6.07) is 9.66. The van der Waals surface area contributed by atoms with Gasteiger partial charge >= 0.3 is 5.97 Å². The van der Waals surface area contributed by atoms with Gasteiger partial charge in [0.2, 0.25) is 0 Å². The van der Waals surface area contributed by atoms with Crippen molar-refractivity contribution in [1.82, 2.24) is 0 Å². The van der Waals surface area contributed by atoms with Crippen LogP contribution in [0.4, 0.5) is 0 Å². The second-order valence-corrected chi connectivity index (χ2v) is 9.94. The maximum absolute atomic E-state index is 13.6. The summed E-state index contributed by atoms with van der Waals surface area (Å²) in [7, 11) is 0. The quantitative estimate of drug-likeness (QED) is 0.205. The van der Waals surface area contributed by atoms with E-state index in [-0.39, 0.29) is 29.3 Å². The van der Waals surface area contributed by atoms with E-state index < -0.39 is 0 Å². The van der Waals surface area contributed by atoms with Gasteiger partial charge in [0.25, 0.3) is 0 Å². The lowest BCUT2D eigenvalue weighted by Gasteiger charge is -2.42. The molecule has 0 aliphatic rings. The van der Waals surface area contributed by atoms with Crippen LogP contribution in [0, 0.1) is 20.8 Å². The summed E-state index contributed by atoms with van der Waals surface area (Å²) < 4.78 is 6.05. The van der Waals surface area contributed by atoms with E-state index in [0.717, 1.165) is 53.7 Å². The molecule has 2 rings (SSSR count). The normalized spacial score (nSPS) is 13.8. The molecule has 0 aliphatic heterocycles. The number of esters is 1. The first-order valence-corrected chi connectivity index (χ1v) is 13.0. The van der Waals surface area contributed by atoms with Crippen molar-refractivity contribution in [3.63, 3.8) is 0 Å². The molecule has 5 nitrogen and oxygen atoms in total. The second kappa shape index (κ2) is 12.9. The first-order valence-electron chi connectivity index (χ1n) is 13.0. The van der Waals surface area contributed by atoms with E-state index in [1.807, 2.05) is 26.0 Å². The molecular formula is C30H44NO4+. The Hall–Kier alpha value is -2.66. The van der Waals surface area contributed by atoms with Gasteiger partial charge in [0, 0.05) is 18.4 Å². The summed E-state index contributed by atoms with van der Waals surface area (Å²) in [5.41, 5.74) is 5.11. The summed E-state index contributed by atoms with van der Waals surface area (Å²) in [5, 5.41) is 10.7. The van der Waals surface area contributed by atoms with Crippen LogP contribution >= 0.6 is 0 Å². The van der Waals surface area contributed by atoms with Gasteiger partial charge in [-0.2, -0.15) is 0 Å². The van der Waals surface area contributed by atoms with Crippen molar-refractivity contribution in [3.05, 3.63) is 58.1 Å². The lowest BCUT2D eigenvalue weighted by atomic mass is 9.94. The van der Waals surface area contributed by atoms with Crippen molar-refractivity contribution in [2.75, 3.05) is 13.1 Å². The maximum Gasteiger partial charge on any atom is 0.311 e. The highest BCUT2D eigenvalue weighted by molar-refractivity contribution is 5.85. The van der Waals surface area contributed by atoms with E-state index in [0.29, 0.717) is 30.3 Å². The number of ether oxygens (including phenoxy) is 1. The molecule has 0 aromatic heterocycles. The second-order valence-electron chi connectivity index (χ2n) is 9.94. The topological polar surface area (TPSA) is 63.6 Å². The fourth-order valence-electron chi connectivity index (χ4n) is 4.97. The fourth-order valence-corrected chi connectivity index (χ4v) is 4.97. The Kier molecular flexibility index (Phi) is 10.5. The minimum atomic E-state index is -0.342. The van der Waals surface area contributed by atoms with Crippen molar-refractivity contribution in [2.45, 2.75) is 93.2 Å². The molecule has 2 aromatic rings. The summed E-state index contributed by atoms with van der Waals surface area (Å²) >= 11 is 0. The van der Waals surface area contributed by atoms with Crippen LogP contribution in [0.5, 0.6) is 11.5 Å². The van der Waals surface area contributed by atoms with Gasteiger partial charge in [-0.15, -0.1) is 0 Å². The molecule has 0 aliphatic carbocycles. The van der Waals surface area contributed by atoms with Crippen LogP contribution in [0.25, 0.3) is 0 Å². The molecule has 2 unspecified atom stereocenters. The standard InChI is InChI=1S/C30H43NO4/c1-8-11-16-31(10-3,24(7)27(32)19-26-21(4)14-12-15-22(26)5)20-25-17-23(6)30(28(33)18-25)35-29(34)13-9-2/h12,14-15,17-18,24H,8-11,13,16,19-20H2,1-7H3/p+1. The third kappa shape index (κ3) is 7.17. The van der Waals surface area contributed by atoms with Gasteiger partial charge in [0.05, 0.1) is 13.1 Å². The van der Waals surface area contributed by atoms with Crippen LogP contribution in [-0.2, 0) is 22.6 Å². The maximum atomic E-state index is 13.6. The zero-order valence-corrected chi connectivity index (χ0v) is 22.7. The molecule has 0 fully saturated rings. The number of carbonyl (C=O) groups is 2. The number of unbranched alkanes of at least 4 members (excludes halogenated alkanes) is 1.